The molecule has 1 aromatic rings. The fraction of sp³-hybridized carbons (Fsp3) is 0.500. The maximum atomic E-state index is 12.6. The molecule has 0 bridgehead atoms. The Bertz CT molecular complexity index is 441. The van der Waals surface area contributed by atoms with Crippen LogP contribution >= 0.6 is 11.6 Å². The summed E-state index contributed by atoms with van der Waals surface area (Å²) in [6, 6.07) is 3.40. The normalized spacial score (nSPS) is 24.5. The third kappa shape index (κ3) is 3.16. The molecule has 2 N–H and O–H groups in total. The number of hydrogen-bond acceptors (Lipinski definition) is 2. The third-order valence-electron chi connectivity index (χ3n) is 3.04. The van der Waals surface area contributed by atoms with Gasteiger partial charge in [0.2, 0.25) is 0 Å². The van der Waals surface area contributed by atoms with Crippen molar-refractivity contribution >= 4 is 11.6 Å². The van der Waals surface area contributed by atoms with Gasteiger partial charge < -0.3 is 10.4 Å². The van der Waals surface area contributed by atoms with E-state index in [0.29, 0.717) is 25.1 Å². The number of aliphatic hydroxyl groups is 1. The predicted octanol–water partition coefficient (Wildman–Crippen LogP) is 2.63. The maximum absolute atomic E-state index is 12.6. The molecule has 1 atom stereocenters. The van der Waals surface area contributed by atoms with Gasteiger partial charge in [-0.3, -0.25) is 0 Å². The Hall–Kier alpha value is -0.780. The zero-order chi connectivity index (χ0) is 13.4. The average Bonchev–Trinajstić information content (AvgIpc) is 2.62. The van der Waals surface area contributed by atoms with Crippen molar-refractivity contribution in [2.45, 2.75) is 24.6 Å². The van der Waals surface area contributed by atoms with Gasteiger partial charge >= 0.3 is 6.18 Å². The lowest BCUT2D eigenvalue weighted by Crippen LogP contribution is -2.33. The van der Waals surface area contributed by atoms with Gasteiger partial charge in [-0.2, -0.15) is 13.2 Å². The van der Waals surface area contributed by atoms with Gasteiger partial charge in [0.15, 0.2) is 0 Å². The van der Waals surface area contributed by atoms with Crippen molar-refractivity contribution in [2.24, 2.45) is 0 Å². The summed E-state index contributed by atoms with van der Waals surface area (Å²) in [7, 11) is 0. The van der Waals surface area contributed by atoms with Crippen molar-refractivity contribution in [3.63, 3.8) is 0 Å². The smallest absolute Gasteiger partial charge is 0.388 e. The molecule has 1 aliphatic rings. The van der Waals surface area contributed by atoms with Crippen molar-refractivity contribution < 1.29 is 18.3 Å². The lowest BCUT2D eigenvalue weighted by atomic mass is 9.93. The highest BCUT2D eigenvalue weighted by Gasteiger charge is 2.34. The van der Waals surface area contributed by atoms with Crippen LogP contribution in [0.4, 0.5) is 13.2 Å². The van der Waals surface area contributed by atoms with E-state index in [2.05, 4.69) is 5.32 Å². The van der Waals surface area contributed by atoms with Crippen LogP contribution in [0.25, 0.3) is 0 Å². The first kappa shape index (κ1) is 13.6. The molecule has 0 amide bonds. The van der Waals surface area contributed by atoms with Gasteiger partial charge in [-0.15, -0.1) is 0 Å². The first-order valence-corrected chi connectivity index (χ1v) is 5.96. The van der Waals surface area contributed by atoms with Gasteiger partial charge in [-0.05, 0) is 36.7 Å². The largest absolute Gasteiger partial charge is 0.416 e. The number of rotatable bonds is 2. The molecular formula is C12H13ClF3NO. The lowest BCUT2D eigenvalue weighted by molar-refractivity contribution is -0.137. The summed E-state index contributed by atoms with van der Waals surface area (Å²) in [5.74, 6) is 0. The summed E-state index contributed by atoms with van der Waals surface area (Å²) in [5.41, 5.74) is -1.35. The monoisotopic (exact) mass is 279 g/mol. The average molecular weight is 280 g/mol. The molecule has 0 radical (unpaired) electrons. The van der Waals surface area contributed by atoms with Gasteiger partial charge in [-0.1, -0.05) is 11.6 Å². The van der Waals surface area contributed by atoms with Crippen LogP contribution in [0.5, 0.6) is 0 Å². The maximum Gasteiger partial charge on any atom is 0.416 e. The third-order valence-corrected chi connectivity index (χ3v) is 3.26. The van der Waals surface area contributed by atoms with E-state index in [0.717, 1.165) is 12.1 Å². The molecule has 0 saturated carbocycles. The number of alkyl halides is 3. The summed E-state index contributed by atoms with van der Waals surface area (Å²) < 4.78 is 37.9. The molecule has 6 heteroatoms. The molecule has 0 aliphatic carbocycles. The Balaban J connectivity index is 2.25. The van der Waals surface area contributed by atoms with Crippen molar-refractivity contribution in [1.82, 2.24) is 5.32 Å². The Labute approximate surface area is 108 Å². The van der Waals surface area contributed by atoms with Gasteiger partial charge in [0.25, 0.3) is 0 Å². The van der Waals surface area contributed by atoms with E-state index in [1.54, 1.807) is 0 Å². The summed E-state index contributed by atoms with van der Waals surface area (Å²) in [5, 5.41) is 13.2. The van der Waals surface area contributed by atoms with E-state index in [1.165, 1.54) is 6.07 Å². The van der Waals surface area contributed by atoms with Crippen LogP contribution < -0.4 is 5.32 Å². The van der Waals surface area contributed by atoms with Crippen molar-refractivity contribution in [3.05, 3.63) is 34.3 Å². The van der Waals surface area contributed by atoms with E-state index >= 15 is 0 Å². The Kier molecular flexibility index (Phi) is 3.58. The molecular weight excluding hydrogens is 267 g/mol. The van der Waals surface area contributed by atoms with Crippen LogP contribution in [-0.4, -0.2) is 23.8 Å². The van der Waals surface area contributed by atoms with Crippen LogP contribution in [0.2, 0.25) is 5.02 Å². The highest BCUT2D eigenvalue weighted by Crippen LogP contribution is 2.33. The van der Waals surface area contributed by atoms with Gasteiger partial charge in [0.05, 0.1) is 11.2 Å². The molecule has 100 valence electrons. The van der Waals surface area contributed by atoms with Crippen LogP contribution in [-0.2, 0) is 12.6 Å². The standard InChI is InChI=1S/C12H13ClF3NO/c13-10-4-8(3-9(5-10)12(14,15)16)6-11(18)1-2-17-7-11/h3-5,17-18H,1-2,6-7H2. The fourth-order valence-electron chi connectivity index (χ4n) is 2.18. The van der Waals surface area contributed by atoms with Gasteiger partial charge in [0.1, 0.15) is 0 Å². The minimum atomic E-state index is -4.42. The molecule has 2 nitrogen and oxygen atoms in total. The Morgan fingerprint density at radius 2 is 2.06 bits per heavy atom. The van der Waals surface area contributed by atoms with Crippen molar-refractivity contribution in [1.29, 1.82) is 0 Å². The van der Waals surface area contributed by atoms with Gasteiger partial charge in [-0.25, -0.2) is 0 Å². The zero-order valence-corrected chi connectivity index (χ0v) is 10.3. The molecule has 0 spiro atoms. The Morgan fingerprint density at radius 1 is 1.33 bits per heavy atom. The number of benzene rings is 1. The highest BCUT2D eigenvalue weighted by molar-refractivity contribution is 6.30. The first-order chi connectivity index (χ1) is 8.28. The topological polar surface area (TPSA) is 32.3 Å². The minimum Gasteiger partial charge on any atom is -0.388 e. The van der Waals surface area contributed by atoms with Crippen LogP contribution in [0.15, 0.2) is 18.2 Å². The number of β-amino-alcohol motifs (C(OH)–C–C–N with tert-alkyl or cyclic N) is 1. The molecule has 1 aromatic carbocycles. The Morgan fingerprint density at radius 3 is 2.61 bits per heavy atom. The van der Waals surface area contributed by atoms with E-state index < -0.39 is 17.3 Å². The molecule has 18 heavy (non-hydrogen) atoms. The lowest BCUT2D eigenvalue weighted by Gasteiger charge is -2.22. The minimum absolute atomic E-state index is 0.0365. The molecule has 1 heterocycles. The zero-order valence-electron chi connectivity index (χ0n) is 9.52. The summed E-state index contributed by atoms with van der Waals surface area (Å²) in [6.07, 6.45) is -3.72. The summed E-state index contributed by atoms with van der Waals surface area (Å²) >= 11 is 5.69. The summed E-state index contributed by atoms with van der Waals surface area (Å²) in [4.78, 5) is 0. The highest BCUT2D eigenvalue weighted by atomic mass is 35.5. The van der Waals surface area contributed by atoms with Crippen LogP contribution in [0.1, 0.15) is 17.5 Å². The second kappa shape index (κ2) is 4.72. The molecule has 1 fully saturated rings. The van der Waals surface area contributed by atoms with E-state index in [9.17, 15) is 18.3 Å². The quantitative estimate of drug-likeness (QED) is 0.872. The first-order valence-electron chi connectivity index (χ1n) is 5.58. The fourth-order valence-corrected chi connectivity index (χ4v) is 2.44. The number of hydrogen-bond donors (Lipinski definition) is 2. The molecule has 1 aliphatic heterocycles. The van der Waals surface area contributed by atoms with Crippen molar-refractivity contribution in [2.75, 3.05) is 13.1 Å². The van der Waals surface area contributed by atoms with Crippen LogP contribution in [0, 0.1) is 0 Å². The van der Waals surface area contributed by atoms with E-state index in [-0.39, 0.29) is 11.4 Å². The van der Waals surface area contributed by atoms with E-state index in [1.807, 2.05) is 0 Å². The van der Waals surface area contributed by atoms with Gasteiger partial charge in [0, 0.05) is 18.0 Å². The van der Waals surface area contributed by atoms with E-state index in [4.69, 9.17) is 11.6 Å². The van der Waals surface area contributed by atoms with Crippen molar-refractivity contribution in [3.8, 4) is 0 Å². The molecule has 1 saturated heterocycles. The molecule has 2 rings (SSSR count). The number of halogens is 4. The predicted molar refractivity (Wildman–Crippen MR) is 62.6 cm³/mol. The molecule has 1 unspecified atom stereocenters. The van der Waals surface area contributed by atoms with Crippen LogP contribution in [0.3, 0.4) is 0 Å². The SMILES string of the molecule is OC1(Cc2cc(Cl)cc(C(F)(F)F)c2)CCNC1. The molecule has 0 aromatic heterocycles. The summed E-state index contributed by atoms with van der Waals surface area (Å²) in [6.45, 7) is 1.06. The second-order valence-electron chi connectivity index (χ2n) is 4.67. The second-order valence-corrected chi connectivity index (χ2v) is 5.11. The number of nitrogens with one attached hydrogen (secondary N) is 1.